The standard InChI is InChI=1S/C16H13F5N2OS/c1-3-10(7-13(18)9(2)17)14(24)23-15(25)22-12-6-4-5-11(8-12)16(19,20)21/h3-8H,2H2,1H3,(H2,22,23,24,25)/b10-3+,13-7+. The van der Waals surface area contributed by atoms with Crippen molar-refractivity contribution in [2.75, 3.05) is 5.32 Å². The number of allylic oxidation sites excluding steroid dienone is 3. The maximum absolute atomic E-state index is 13.2. The van der Waals surface area contributed by atoms with Crippen LogP contribution in [0.4, 0.5) is 27.6 Å². The Kier molecular flexibility index (Phi) is 6.98. The molecule has 1 amide bonds. The minimum absolute atomic E-state index is 0.000937. The minimum atomic E-state index is -4.53. The van der Waals surface area contributed by atoms with Crippen LogP contribution < -0.4 is 10.6 Å². The number of halogens is 5. The highest BCUT2D eigenvalue weighted by Gasteiger charge is 2.30. The number of nitrogens with one attached hydrogen (secondary N) is 2. The second-order valence-electron chi connectivity index (χ2n) is 4.63. The van der Waals surface area contributed by atoms with Crippen LogP contribution in [0.25, 0.3) is 0 Å². The van der Waals surface area contributed by atoms with E-state index in [1.165, 1.54) is 19.1 Å². The first-order valence-corrected chi connectivity index (χ1v) is 7.13. The van der Waals surface area contributed by atoms with Crippen LogP contribution in [0.1, 0.15) is 12.5 Å². The molecule has 0 aliphatic heterocycles. The maximum Gasteiger partial charge on any atom is 0.416 e. The van der Waals surface area contributed by atoms with Crippen molar-refractivity contribution < 1.29 is 26.7 Å². The minimum Gasteiger partial charge on any atom is -0.332 e. The Bertz CT molecular complexity index is 753. The summed E-state index contributed by atoms with van der Waals surface area (Å²) < 4.78 is 63.7. The molecule has 0 bridgehead atoms. The van der Waals surface area contributed by atoms with Crippen molar-refractivity contribution in [3.8, 4) is 0 Å². The van der Waals surface area contributed by atoms with Crippen molar-refractivity contribution in [3.05, 3.63) is 65.8 Å². The number of hydrogen-bond donors (Lipinski definition) is 2. The molecule has 0 aromatic heterocycles. The summed E-state index contributed by atoms with van der Waals surface area (Å²) in [5.74, 6) is -3.56. The van der Waals surface area contributed by atoms with E-state index in [1.807, 2.05) is 0 Å². The fraction of sp³-hybridized carbons (Fsp3) is 0.125. The molecule has 25 heavy (non-hydrogen) atoms. The summed E-state index contributed by atoms with van der Waals surface area (Å²) in [6.45, 7) is 4.15. The fourth-order valence-electron chi connectivity index (χ4n) is 1.61. The zero-order chi connectivity index (χ0) is 19.2. The number of thiocarbonyl (C=S) groups is 1. The van der Waals surface area contributed by atoms with E-state index in [0.29, 0.717) is 6.08 Å². The van der Waals surface area contributed by atoms with Crippen LogP contribution >= 0.6 is 12.2 Å². The van der Waals surface area contributed by atoms with Crippen molar-refractivity contribution >= 4 is 28.9 Å². The highest BCUT2D eigenvalue weighted by molar-refractivity contribution is 7.80. The van der Waals surface area contributed by atoms with Gasteiger partial charge in [0.1, 0.15) is 0 Å². The van der Waals surface area contributed by atoms with Crippen molar-refractivity contribution in [3.63, 3.8) is 0 Å². The molecule has 0 atom stereocenters. The number of rotatable bonds is 4. The largest absolute Gasteiger partial charge is 0.416 e. The first-order chi connectivity index (χ1) is 11.5. The van der Waals surface area contributed by atoms with Gasteiger partial charge in [0, 0.05) is 11.3 Å². The van der Waals surface area contributed by atoms with E-state index in [4.69, 9.17) is 12.2 Å². The SMILES string of the molecule is C=C(F)/C(F)=C\C(=C/C)C(=O)NC(=S)Nc1cccc(C(F)(F)F)c1. The molecule has 1 rings (SSSR count). The monoisotopic (exact) mass is 376 g/mol. The summed E-state index contributed by atoms with van der Waals surface area (Å²) in [6.07, 6.45) is -2.72. The third kappa shape index (κ3) is 6.46. The molecule has 0 spiro atoms. The second-order valence-corrected chi connectivity index (χ2v) is 5.04. The molecule has 0 radical (unpaired) electrons. The number of carbonyl (C=O) groups excluding carboxylic acids is 1. The molecule has 0 fully saturated rings. The highest BCUT2D eigenvalue weighted by Crippen LogP contribution is 2.30. The van der Waals surface area contributed by atoms with Gasteiger partial charge in [0.25, 0.3) is 5.91 Å². The number of carbonyl (C=O) groups is 1. The average molecular weight is 376 g/mol. The molecule has 0 unspecified atom stereocenters. The van der Waals surface area contributed by atoms with E-state index in [0.717, 1.165) is 18.2 Å². The van der Waals surface area contributed by atoms with Gasteiger partial charge in [-0.1, -0.05) is 18.7 Å². The van der Waals surface area contributed by atoms with Crippen molar-refractivity contribution in [2.45, 2.75) is 13.1 Å². The zero-order valence-corrected chi connectivity index (χ0v) is 13.7. The number of amides is 1. The first-order valence-electron chi connectivity index (χ1n) is 6.72. The van der Waals surface area contributed by atoms with Crippen LogP contribution in [-0.4, -0.2) is 11.0 Å². The van der Waals surface area contributed by atoms with Gasteiger partial charge in [-0.3, -0.25) is 10.1 Å². The van der Waals surface area contributed by atoms with Crippen LogP contribution in [0, 0.1) is 0 Å². The maximum atomic E-state index is 13.2. The van der Waals surface area contributed by atoms with Crippen molar-refractivity contribution in [1.82, 2.24) is 5.32 Å². The Labute approximate surface area is 145 Å². The number of benzene rings is 1. The molecular formula is C16H13F5N2OS. The van der Waals surface area contributed by atoms with Crippen molar-refractivity contribution in [1.29, 1.82) is 0 Å². The summed E-state index contributed by atoms with van der Waals surface area (Å²) in [7, 11) is 0. The summed E-state index contributed by atoms with van der Waals surface area (Å²) in [5, 5.41) is 4.25. The summed E-state index contributed by atoms with van der Waals surface area (Å²) in [6, 6.07) is 4.17. The van der Waals surface area contributed by atoms with Crippen LogP contribution in [-0.2, 0) is 11.0 Å². The van der Waals surface area contributed by atoms with E-state index >= 15 is 0 Å². The quantitative estimate of drug-likeness (QED) is 0.343. The molecule has 0 aliphatic carbocycles. The van der Waals surface area contributed by atoms with Gasteiger partial charge in [-0.15, -0.1) is 0 Å². The Balaban J connectivity index is 2.81. The lowest BCUT2D eigenvalue weighted by molar-refractivity contribution is -0.137. The Hall–Kier alpha value is -2.55. The third-order valence-corrected chi connectivity index (χ3v) is 2.99. The van der Waals surface area contributed by atoms with E-state index in [9.17, 15) is 26.7 Å². The van der Waals surface area contributed by atoms with Gasteiger partial charge in [0.05, 0.1) is 5.56 Å². The van der Waals surface area contributed by atoms with Gasteiger partial charge in [-0.2, -0.15) is 13.2 Å². The molecule has 1 aromatic carbocycles. The van der Waals surface area contributed by atoms with Crippen LogP contribution in [0.3, 0.4) is 0 Å². The predicted molar refractivity (Wildman–Crippen MR) is 89.0 cm³/mol. The van der Waals surface area contributed by atoms with Gasteiger partial charge < -0.3 is 5.32 Å². The summed E-state index contributed by atoms with van der Waals surface area (Å²) in [4.78, 5) is 11.9. The molecule has 0 saturated carbocycles. The summed E-state index contributed by atoms with van der Waals surface area (Å²) in [5.41, 5.74) is -1.14. The lowest BCUT2D eigenvalue weighted by Crippen LogP contribution is -2.34. The normalized spacial score (nSPS) is 12.6. The van der Waals surface area contributed by atoms with Crippen LogP contribution in [0.15, 0.2) is 60.2 Å². The molecule has 0 heterocycles. The number of hydrogen-bond acceptors (Lipinski definition) is 2. The van der Waals surface area contributed by atoms with Crippen molar-refractivity contribution in [2.24, 2.45) is 0 Å². The fourth-order valence-corrected chi connectivity index (χ4v) is 1.82. The zero-order valence-electron chi connectivity index (χ0n) is 12.9. The van der Waals surface area contributed by atoms with E-state index in [2.05, 4.69) is 17.2 Å². The Morgan fingerprint density at radius 3 is 2.44 bits per heavy atom. The van der Waals surface area contributed by atoms with Gasteiger partial charge in [0.2, 0.25) is 0 Å². The molecule has 2 N–H and O–H groups in total. The average Bonchev–Trinajstić information content (AvgIpc) is 2.51. The molecule has 0 saturated heterocycles. The van der Waals surface area contributed by atoms with Gasteiger partial charge in [-0.25, -0.2) is 8.78 Å². The van der Waals surface area contributed by atoms with Crippen LogP contribution in [0.5, 0.6) is 0 Å². The lowest BCUT2D eigenvalue weighted by Gasteiger charge is -2.12. The molecule has 3 nitrogen and oxygen atoms in total. The molecule has 134 valence electrons. The topological polar surface area (TPSA) is 41.1 Å². The van der Waals surface area contributed by atoms with Gasteiger partial charge in [-0.05, 0) is 43.4 Å². The summed E-state index contributed by atoms with van der Waals surface area (Å²) >= 11 is 4.82. The van der Waals surface area contributed by atoms with E-state index in [-0.39, 0.29) is 16.4 Å². The molecule has 0 aliphatic rings. The smallest absolute Gasteiger partial charge is 0.332 e. The van der Waals surface area contributed by atoms with E-state index < -0.39 is 29.3 Å². The Morgan fingerprint density at radius 1 is 1.28 bits per heavy atom. The first kappa shape index (κ1) is 20.5. The van der Waals surface area contributed by atoms with Gasteiger partial charge in [0.15, 0.2) is 16.8 Å². The van der Waals surface area contributed by atoms with E-state index in [1.54, 1.807) is 0 Å². The number of anilines is 1. The highest BCUT2D eigenvalue weighted by atomic mass is 32.1. The Morgan fingerprint density at radius 2 is 1.92 bits per heavy atom. The van der Waals surface area contributed by atoms with Crippen LogP contribution in [0.2, 0.25) is 0 Å². The lowest BCUT2D eigenvalue weighted by atomic mass is 10.2. The predicted octanol–water partition coefficient (Wildman–Crippen LogP) is 4.80. The second kappa shape index (κ2) is 8.52. The third-order valence-electron chi connectivity index (χ3n) is 2.79. The number of alkyl halides is 3. The molecule has 1 aromatic rings. The molecular weight excluding hydrogens is 363 g/mol. The van der Waals surface area contributed by atoms with Gasteiger partial charge >= 0.3 is 6.18 Å². The molecule has 9 heteroatoms.